The summed E-state index contributed by atoms with van der Waals surface area (Å²) in [6.45, 7) is 2.47. The van der Waals surface area contributed by atoms with Gasteiger partial charge >= 0.3 is 0 Å². The zero-order valence-electron chi connectivity index (χ0n) is 17.0. The van der Waals surface area contributed by atoms with Gasteiger partial charge in [-0.15, -0.1) is 12.4 Å². The molecule has 1 aliphatic heterocycles. The summed E-state index contributed by atoms with van der Waals surface area (Å²) in [5, 5.41) is 11.3. The molecule has 4 rings (SSSR count). The third-order valence-corrected chi connectivity index (χ3v) is 5.21. The molecule has 0 aliphatic carbocycles. The first kappa shape index (κ1) is 21.9. The molecule has 0 unspecified atom stereocenters. The lowest BCUT2D eigenvalue weighted by atomic mass is 10.0. The van der Waals surface area contributed by atoms with Crippen LogP contribution in [0.1, 0.15) is 28.8 Å². The summed E-state index contributed by atoms with van der Waals surface area (Å²) in [5.74, 6) is 0.666. The monoisotopic (exact) mass is 426 g/mol. The van der Waals surface area contributed by atoms with E-state index in [2.05, 4.69) is 22.8 Å². The smallest absolute Gasteiger partial charge is 0.255 e. The molecule has 3 aromatic rings. The van der Waals surface area contributed by atoms with E-state index in [1.165, 1.54) is 0 Å². The molecule has 0 radical (unpaired) electrons. The summed E-state index contributed by atoms with van der Waals surface area (Å²) < 4.78 is 7.19. The minimum atomic E-state index is -0.0750. The van der Waals surface area contributed by atoms with Gasteiger partial charge < -0.3 is 15.4 Å². The van der Waals surface area contributed by atoms with E-state index in [0.717, 1.165) is 42.8 Å². The van der Waals surface area contributed by atoms with Crippen LogP contribution in [0.2, 0.25) is 0 Å². The maximum Gasteiger partial charge on any atom is 0.255 e. The number of rotatable bonds is 6. The van der Waals surface area contributed by atoms with Crippen molar-refractivity contribution in [1.82, 2.24) is 20.4 Å². The highest BCUT2D eigenvalue weighted by Crippen LogP contribution is 2.26. The number of piperidine rings is 1. The number of hydrogen-bond donors (Lipinski definition) is 2. The van der Waals surface area contributed by atoms with Gasteiger partial charge in [-0.3, -0.25) is 9.48 Å². The van der Waals surface area contributed by atoms with Gasteiger partial charge in [-0.05, 0) is 43.6 Å². The van der Waals surface area contributed by atoms with Gasteiger partial charge in [-0.1, -0.05) is 42.5 Å². The van der Waals surface area contributed by atoms with Crippen molar-refractivity contribution in [2.75, 3.05) is 20.2 Å². The second kappa shape index (κ2) is 10.3. The number of benzene rings is 2. The maximum atomic E-state index is 13.1. The first-order valence-electron chi connectivity index (χ1n) is 10.0. The molecule has 0 atom stereocenters. The molecule has 1 aliphatic rings. The highest BCUT2D eigenvalue weighted by molar-refractivity contribution is 6.00. The van der Waals surface area contributed by atoms with Crippen LogP contribution in [0.15, 0.2) is 60.8 Å². The van der Waals surface area contributed by atoms with Crippen LogP contribution in [-0.2, 0) is 6.54 Å². The molecular weight excluding hydrogens is 400 g/mol. The Morgan fingerprint density at radius 1 is 1.17 bits per heavy atom. The summed E-state index contributed by atoms with van der Waals surface area (Å²) in [5.41, 5.74) is 3.27. The predicted molar refractivity (Wildman–Crippen MR) is 120 cm³/mol. The molecule has 2 N–H and O–H groups in total. The summed E-state index contributed by atoms with van der Waals surface area (Å²) in [7, 11) is 1.64. The number of methoxy groups -OCH3 is 1. The van der Waals surface area contributed by atoms with Crippen molar-refractivity contribution in [3.63, 3.8) is 0 Å². The summed E-state index contributed by atoms with van der Waals surface area (Å²) in [6, 6.07) is 18.0. The molecule has 7 heteroatoms. The maximum absolute atomic E-state index is 13.1. The lowest BCUT2D eigenvalue weighted by Gasteiger charge is -2.23. The van der Waals surface area contributed by atoms with E-state index in [0.29, 0.717) is 17.8 Å². The van der Waals surface area contributed by atoms with Crippen LogP contribution in [0.25, 0.3) is 11.3 Å². The van der Waals surface area contributed by atoms with Gasteiger partial charge in [0.15, 0.2) is 0 Å². The van der Waals surface area contributed by atoms with Gasteiger partial charge in [-0.2, -0.15) is 5.10 Å². The number of nitrogens with zero attached hydrogens (tertiary/aromatic N) is 2. The number of ether oxygens (including phenoxy) is 1. The number of halogens is 1. The van der Waals surface area contributed by atoms with Crippen molar-refractivity contribution in [3.05, 3.63) is 71.9 Å². The van der Waals surface area contributed by atoms with E-state index >= 15 is 0 Å². The molecule has 0 saturated carbocycles. The van der Waals surface area contributed by atoms with Crippen LogP contribution in [0.5, 0.6) is 5.75 Å². The van der Waals surface area contributed by atoms with Crippen molar-refractivity contribution in [2.45, 2.75) is 25.4 Å². The number of amides is 1. The molecule has 1 amide bonds. The third kappa shape index (κ3) is 5.20. The van der Waals surface area contributed by atoms with Crippen LogP contribution >= 0.6 is 12.4 Å². The molecule has 158 valence electrons. The Morgan fingerprint density at radius 3 is 2.67 bits per heavy atom. The minimum Gasteiger partial charge on any atom is -0.497 e. The lowest BCUT2D eigenvalue weighted by Crippen LogP contribution is -2.42. The Labute approximate surface area is 183 Å². The first-order valence-corrected chi connectivity index (χ1v) is 10.0. The molecule has 1 fully saturated rings. The lowest BCUT2D eigenvalue weighted by molar-refractivity contribution is 0.0930. The number of carbonyl (C=O) groups excluding carboxylic acids is 1. The summed E-state index contributed by atoms with van der Waals surface area (Å²) >= 11 is 0. The van der Waals surface area contributed by atoms with Crippen molar-refractivity contribution in [3.8, 4) is 17.0 Å². The van der Waals surface area contributed by atoms with E-state index in [4.69, 9.17) is 9.84 Å². The molecule has 1 saturated heterocycles. The normalized spacial score (nSPS) is 14.0. The fraction of sp³-hybridized carbons (Fsp3) is 0.304. The van der Waals surface area contributed by atoms with E-state index in [-0.39, 0.29) is 24.4 Å². The highest BCUT2D eigenvalue weighted by atomic mass is 35.5. The van der Waals surface area contributed by atoms with Gasteiger partial charge in [0.1, 0.15) is 11.4 Å². The van der Waals surface area contributed by atoms with Gasteiger partial charge in [0.25, 0.3) is 5.91 Å². The van der Waals surface area contributed by atoms with Crippen molar-refractivity contribution < 1.29 is 9.53 Å². The molecule has 1 aromatic heterocycles. The molecule has 0 bridgehead atoms. The largest absolute Gasteiger partial charge is 0.497 e. The standard InChI is InChI=1S/C23H26N4O2.ClH/c1-29-20-9-5-8-18(14-20)22-21(23(28)25-19-10-12-24-13-11-19)16-27(26-22)15-17-6-3-2-4-7-17;/h2-9,14,16,19,24H,10-13,15H2,1H3,(H,25,28);1H. The molecular formula is C23H27ClN4O2. The van der Waals surface area contributed by atoms with Crippen molar-refractivity contribution in [1.29, 1.82) is 0 Å². The minimum absolute atomic E-state index is 0. The Hall–Kier alpha value is -2.83. The third-order valence-electron chi connectivity index (χ3n) is 5.21. The van der Waals surface area contributed by atoms with Crippen LogP contribution in [0, 0.1) is 0 Å². The van der Waals surface area contributed by atoms with E-state index in [1.807, 2.05) is 53.3 Å². The fourth-order valence-corrected chi connectivity index (χ4v) is 3.65. The summed E-state index contributed by atoms with van der Waals surface area (Å²) in [6.07, 6.45) is 3.73. The van der Waals surface area contributed by atoms with Gasteiger partial charge in [0, 0.05) is 17.8 Å². The number of aromatic nitrogens is 2. The van der Waals surface area contributed by atoms with Gasteiger partial charge in [-0.25, -0.2) is 0 Å². The van der Waals surface area contributed by atoms with Gasteiger partial charge in [0.2, 0.25) is 0 Å². The quantitative estimate of drug-likeness (QED) is 0.633. The van der Waals surface area contributed by atoms with Crippen LogP contribution in [0.4, 0.5) is 0 Å². The average Bonchev–Trinajstić information content (AvgIpc) is 3.19. The number of carbonyl (C=O) groups is 1. The topological polar surface area (TPSA) is 68.2 Å². The Morgan fingerprint density at radius 2 is 1.93 bits per heavy atom. The second-order valence-corrected chi connectivity index (χ2v) is 7.30. The van der Waals surface area contributed by atoms with E-state index < -0.39 is 0 Å². The average molecular weight is 427 g/mol. The number of hydrogen-bond acceptors (Lipinski definition) is 4. The van der Waals surface area contributed by atoms with Gasteiger partial charge in [0.05, 0.1) is 19.2 Å². The molecule has 2 heterocycles. The van der Waals surface area contributed by atoms with Crippen molar-refractivity contribution in [2.24, 2.45) is 0 Å². The van der Waals surface area contributed by atoms with E-state index in [9.17, 15) is 4.79 Å². The predicted octanol–water partition coefficient (Wildman–Crippen LogP) is 3.51. The van der Waals surface area contributed by atoms with Crippen LogP contribution in [0.3, 0.4) is 0 Å². The second-order valence-electron chi connectivity index (χ2n) is 7.30. The fourth-order valence-electron chi connectivity index (χ4n) is 3.65. The Balaban J connectivity index is 0.00000256. The zero-order valence-corrected chi connectivity index (χ0v) is 17.8. The Kier molecular flexibility index (Phi) is 7.49. The van der Waals surface area contributed by atoms with Crippen LogP contribution in [-0.4, -0.2) is 41.9 Å². The molecule has 0 spiro atoms. The van der Waals surface area contributed by atoms with Crippen LogP contribution < -0.4 is 15.4 Å². The molecule has 6 nitrogen and oxygen atoms in total. The Bertz CT molecular complexity index is 968. The molecule has 2 aromatic carbocycles. The SMILES string of the molecule is COc1cccc(-c2nn(Cc3ccccc3)cc2C(=O)NC2CCNCC2)c1.Cl. The summed E-state index contributed by atoms with van der Waals surface area (Å²) in [4.78, 5) is 13.1. The highest BCUT2D eigenvalue weighted by Gasteiger charge is 2.22. The first-order chi connectivity index (χ1) is 14.2. The van der Waals surface area contributed by atoms with Crippen molar-refractivity contribution >= 4 is 18.3 Å². The molecule has 30 heavy (non-hydrogen) atoms. The zero-order chi connectivity index (χ0) is 20.1. The number of nitrogens with one attached hydrogen (secondary N) is 2. The van der Waals surface area contributed by atoms with E-state index in [1.54, 1.807) is 7.11 Å².